The van der Waals surface area contributed by atoms with Crippen molar-refractivity contribution in [3.05, 3.63) is 42.4 Å². The molecule has 0 aliphatic heterocycles. The normalized spacial score (nSPS) is 11.4. The largest absolute Gasteiger partial charge is 0.457 e. The molecule has 2 aromatic rings. The third-order valence-electron chi connectivity index (χ3n) is 1.67. The van der Waals surface area contributed by atoms with E-state index < -0.39 is 0 Å². The lowest BCUT2D eigenvalue weighted by Crippen LogP contribution is -1.57. The van der Waals surface area contributed by atoms with Crippen LogP contribution in [0.25, 0.3) is 17.0 Å². The van der Waals surface area contributed by atoms with Crippen molar-refractivity contribution in [3.8, 4) is 0 Å². The van der Waals surface area contributed by atoms with Crippen LogP contribution in [0.1, 0.15) is 5.76 Å². The summed E-state index contributed by atoms with van der Waals surface area (Å²) in [7, 11) is 0. The fourth-order valence-electron chi connectivity index (χ4n) is 1.15. The van der Waals surface area contributed by atoms with Crippen LogP contribution in [-0.4, -0.2) is 0 Å². The van der Waals surface area contributed by atoms with Crippen LogP contribution in [-0.2, 0) is 0 Å². The molecule has 12 heavy (non-hydrogen) atoms. The Kier molecular flexibility index (Phi) is 1.67. The van der Waals surface area contributed by atoms with Gasteiger partial charge >= 0.3 is 0 Å². The molecule has 2 heteroatoms. The van der Waals surface area contributed by atoms with Crippen molar-refractivity contribution in [2.45, 2.75) is 0 Å². The summed E-state index contributed by atoms with van der Waals surface area (Å²) in [5, 5.41) is 0.991. The lowest BCUT2D eigenvalue weighted by molar-refractivity contribution is 0.601. The summed E-state index contributed by atoms with van der Waals surface area (Å²) in [6, 6.07) is 9.38. The summed E-state index contributed by atoms with van der Waals surface area (Å²) >= 11 is 0. The first-order valence-electron chi connectivity index (χ1n) is 3.65. The molecule has 0 saturated carbocycles. The topological polar surface area (TPSA) is 13.1 Å². The molecule has 0 aliphatic rings. The molecular formula is C10H7FO. The first-order chi connectivity index (χ1) is 5.90. The first-order valence-corrected chi connectivity index (χ1v) is 3.65. The second-order valence-electron chi connectivity index (χ2n) is 2.48. The van der Waals surface area contributed by atoms with Gasteiger partial charge in [-0.25, -0.2) is 4.39 Å². The van der Waals surface area contributed by atoms with E-state index in [0.29, 0.717) is 12.1 Å². The Morgan fingerprint density at radius 1 is 1.25 bits per heavy atom. The molecule has 0 bridgehead atoms. The zero-order chi connectivity index (χ0) is 8.39. The van der Waals surface area contributed by atoms with E-state index in [1.807, 2.05) is 24.3 Å². The predicted molar refractivity (Wildman–Crippen MR) is 46.4 cm³/mol. The summed E-state index contributed by atoms with van der Waals surface area (Å²) < 4.78 is 17.0. The van der Waals surface area contributed by atoms with E-state index in [9.17, 15) is 4.39 Å². The highest BCUT2D eigenvalue weighted by Crippen LogP contribution is 2.19. The molecule has 0 radical (unpaired) electrons. The lowest BCUT2D eigenvalue weighted by Gasteiger charge is -1.82. The maximum Gasteiger partial charge on any atom is 0.134 e. The highest BCUT2D eigenvalue weighted by Gasteiger charge is 1.98. The molecule has 0 saturated heterocycles. The fraction of sp³-hybridized carbons (Fsp3) is 0. The minimum atomic E-state index is 0.470. The van der Waals surface area contributed by atoms with E-state index >= 15 is 0 Å². The zero-order valence-electron chi connectivity index (χ0n) is 6.33. The quantitative estimate of drug-likeness (QED) is 0.626. The Morgan fingerprint density at radius 3 is 2.83 bits per heavy atom. The molecule has 0 unspecified atom stereocenters. The molecule has 0 amide bonds. The number of rotatable bonds is 1. The Bertz CT molecular complexity index is 381. The molecule has 1 nitrogen and oxygen atoms in total. The van der Waals surface area contributed by atoms with Crippen LogP contribution >= 0.6 is 0 Å². The molecule has 0 fully saturated rings. The molecule has 0 spiro atoms. The number of para-hydroxylation sites is 1. The van der Waals surface area contributed by atoms with Crippen LogP contribution in [0.2, 0.25) is 0 Å². The van der Waals surface area contributed by atoms with Gasteiger partial charge in [0.1, 0.15) is 11.3 Å². The number of fused-ring (bicyclic) bond motifs is 1. The summed E-state index contributed by atoms with van der Waals surface area (Å²) in [5.41, 5.74) is 0.783. The molecule has 1 aromatic carbocycles. The van der Waals surface area contributed by atoms with Crippen LogP contribution in [0.5, 0.6) is 0 Å². The minimum absolute atomic E-state index is 0.470. The maximum atomic E-state index is 11.8. The summed E-state index contributed by atoms with van der Waals surface area (Å²) in [6.45, 7) is 0. The van der Waals surface area contributed by atoms with Gasteiger partial charge < -0.3 is 4.42 Å². The SMILES string of the molecule is F/C=C\c1cc2ccccc2o1. The van der Waals surface area contributed by atoms with Gasteiger partial charge in [0.05, 0.1) is 6.33 Å². The van der Waals surface area contributed by atoms with Crippen molar-refractivity contribution in [1.82, 2.24) is 0 Å². The molecule has 0 N–H and O–H groups in total. The van der Waals surface area contributed by atoms with Crippen molar-refractivity contribution in [2.75, 3.05) is 0 Å². The van der Waals surface area contributed by atoms with Crippen molar-refractivity contribution in [1.29, 1.82) is 0 Å². The van der Waals surface area contributed by atoms with Gasteiger partial charge in [-0.1, -0.05) is 18.2 Å². The zero-order valence-corrected chi connectivity index (χ0v) is 6.33. The Labute approximate surface area is 69.1 Å². The standard InChI is InChI=1S/C10H7FO/c11-6-5-9-7-8-3-1-2-4-10(8)12-9/h1-7H/b6-5-. The highest BCUT2D eigenvalue weighted by atomic mass is 19.1. The van der Waals surface area contributed by atoms with Crippen LogP contribution in [0.15, 0.2) is 41.1 Å². The smallest absolute Gasteiger partial charge is 0.134 e. The number of hydrogen-bond acceptors (Lipinski definition) is 1. The van der Waals surface area contributed by atoms with Gasteiger partial charge in [0.15, 0.2) is 0 Å². The molecule has 60 valence electrons. The minimum Gasteiger partial charge on any atom is -0.457 e. The van der Waals surface area contributed by atoms with E-state index in [1.165, 1.54) is 6.08 Å². The maximum absolute atomic E-state index is 11.8. The number of benzene rings is 1. The van der Waals surface area contributed by atoms with Crippen LogP contribution in [0.4, 0.5) is 4.39 Å². The van der Waals surface area contributed by atoms with E-state index in [1.54, 1.807) is 6.07 Å². The third-order valence-corrected chi connectivity index (χ3v) is 1.67. The van der Waals surface area contributed by atoms with E-state index in [-0.39, 0.29) is 0 Å². The predicted octanol–water partition coefficient (Wildman–Crippen LogP) is 3.37. The third kappa shape index (κ3) is 1.11. The monoisotopic (exact) mass is 162 g/mol. The van der Waals surface area contributed by atoms with Gasteiger partial charge in [0, 0.05) is 11.5 Å². The molecule has 2 rings (SSSR count). The summed E-state index contributed by atoms with van der Waals surface area (Å²) in [6.07, 6.45) is 1.76. The molecular weight excluding hydrogens is 155 g/mol. The van der Waals surface area contributed by atoms with Crippen LogP contribution < -0.4 is 0 Å². The van der Waals surface area contributed by atoms with Crippen molar-refractivity contribution < 1.29 is 8.81 Å². The van der Waals surface area contributed by atoms with Gasteiger partial charge in [0.25, 0.3) is 0 Å². The van der Waals surface area contributed by atoms with Gasteiger partial charge in [-0.2, -0.15) is 0 Å². The van der Waals surface area contributed by atoms with Gasteiger partial charge in [-0.3, -0.25) is 0 Å². The van der Waals surface area contributed by atoms with E-state index in [4.69, 9.17) is 4.42 Å². The molecule has 1 heterocycles. The molecule has 1 aromatic heterocycles. The van der Waals surface area contributed by atoms with Gasteiger partial charge in [-0.15, -0.1) is 0 Å². The summed E-state index contributed by atoms with van der Waals surface area (Å²) in [5.74, 6) is 0.540. The van der Waals surface area contributed by atoms with Crippen molar-refractivity contribution >= 4 is 17.0 Å². The second kappa shape index (κ2) is 2.81. The number of halogens is 1. The Morgan fingerprint density at radius 2 is 2.08 bits per heavy atom. The van der Waals surface area contributed by atoms with E-state index in [0.717, 1.165) is 11.0 Å². The average Bonchev–Trinajstić information content (AvgIpc) is 2.47. The van der Waals surface area contributed by atoms with Crippen molar-refractivity contribution in [2.24, 2.45) is 0 Å². The fourth-order valence-corrected chi connectivity index (χ4v) is 1.15. The van der Waals surface area contributed by atoms with Crippen LogP contribution in [0, 0.1) is 0 Å². The van der Waals surface area contributed by atoms with Gasteiger partial charge in [0.2, 0.25) is 0 Å². The second-order valence-corrected chi connectivity index (χ2v) is 2.48. The first kappa shape index (κ1) is 7.10. The Hall–Kier alpha value is -1.57. The molecule has 0 atom stereocenters. The lowest BCUT2D eigenvalue weighted by atomic mass is 10.2. The average molecular weight is 162 g/mol. The Balaban J connectivity index is 2.62. The van der Waals surface area contributed by atoms with Crippen LogP contribution in [0.3, 0.4) is 0 Å². The van der Waals surface area contributed by atoms with Gasteiger partial charge in [-0.05, 0) is 12.1 Å². The van der Waals surface area contributed by atoms with E-state index in [2.05, 4.69) is 0 Å². The number of furan rings is 1. The van der Waals surface area contributed by atoms with Crippen molar-refractivity contribution in [3.63, 3.8) is 0 Å². The summed E-state index contributed by atoms with van der Waals surface area (Å²) in [4.78, 5) is 0. The highest BCUT2D eigenvalue weighted by molar-refractivity contribution is 5.79. The number of hydrogen-bond donors (Lipinski definition) is 0. The molecule has 0 aliphatic carbocycles.